The summed E-state index contributed by atoms with van der Waals surface area (Å²) in [4.78, 5) is 0. The quantitative estimate of drug-likeness (QED) is 0.218. The molecule has 0 radical (unpaired) electrons. The minimum atomic E-state index is 1.25. The lowest BCUT2D eigenvalue weighted by Crippen LogP contribution is -2.30. The number of nitrogens with zero attached hydrogens (tertiary/aromatic N) is 2. The van der Waals surface area contributed by atoms with Gasteiger partial charge in [0.1, 0.15) is 7.05 Å². The molecule has 36 heavy (non-hydrogen) atoms. The fraction of sp³-hybridized carbons (Fsp3) is 0.121. The van der Waals surface area contributed by atoms with Gasteiger partial charge in [-0.15, -0.1) is 11.3 Å². The predicted molar refractivity (Wildman–Crippen MR) is 154 cm³/mol. The maximum absolute atomic E-state index is 2.45. The van der Waals surface area contributed by atoms with Crippen molar-refractivity contribution >= 4 is 53.3 Å². The first-order chi connectivity index (χ1) is 17.5. The second kappa shape index (κ2) is 7.78. The van der Waals surface area contributed by atoms with E-state index in [9.17, 15) is 0 Å². The zero-order chi connectivity index (χ0) is 24.6. The third-order valence-corrected chi connectivity index (χ3v) is 8.84. The second-order valence-electron chi connectivity index (χ2n) is 9.89. The molecule has 0 aliphatic rings. The van der Waals surface area contributed by atoms with Crippen molar-refractivity contribution in [2.75, 3.05) is 0 Å². The Labute approximate surface area is 214 Å². The zero-order valence-electron chi connectivity index (χ0n) is 21.0. The lowest BCUT2D eigenvalue weighted by atomic mass is 9.95. The maximum atomic E-state index is 2.45. The average Bonchev–Trinajstić information content (AvgIpc) is 3.42. The normalized spacial score (nSPS) is 11.9. The molecule has 0 bridgehead atoms. The van der Waals surface area contributed by atoms with Gasteiger partial charge in [0, 0.05) is 26.9 Å². The van der Waals surface area contributed by atoms with E-state index in [2.05, 4.69) is 128 Å². The molecule has 4 aromatic carbocycles. The molecule has 3 heteroatoms. The van der Waals surface area contributed by atoms with E-state index < -0.39 is 0 Å². The van der Waals surface area contributed by atoms with Crippen LogP contribution in [-0.4, -0.2) is 4.57 Å². The van der Waals surface area contributed by atoms with Gasteiger partial charge in [0.25, 0.3) is 0 Å². The van der Waals surface area contributed by atoms with Crippen LogP contribution in [0.25, 0.3) is 58.9 Å². The third-order valence-electron chi connectivity index (χ3n) is 7.65. The van der Waals surface area contributed by atoms with Crippen molar-refractivity contribution in [1.29, 1.82) is 0 Å². The van der Waals surface area contributed by atoms with E-state index in [1.165, 1.54) is 75.6 Å². The van der Waals surface area contributed by atoms with Gasteiger partial charge < -0.3 is 4.57 Å². The molecule has 174 valence electrons. The molecule has 0 aliphatic carbocycles. The number of rotatable bonds is 2. The number of fused-ring (bicyclic) bond motifs is 6. The number of aromatic nitrogens is 2. The Morgan fingerprint density at radius 3 is 2.11 bits per heavy atom. The average molecular weight is 484 g/mol. The Morgan fingerprint density at radius 1 is 0.722 bits per heavy atom. The summed E-state index contributed by atoms with van der Waals surface area (Å²) in [5, 5.41) is 5.25. The molecule has 0 aliphatic heterocycles. The summed E-state index contributed by atoms with van der Waals surface area (Å²) >= 11 is 1.90. The Morgan fingerprint density at radius 2 is 1.39 bits per heavy atom. The molecule has 2 nitrogen and oxygen atoms in total. The first kappa shape index (κ1) is 21.3. The zero-order valence-corrected chi connectivity index (χ0v) is 21.8. The van der Waals surface area contributed by atoms with Gasteiger partial charge in [-0.3, -0.25) is 0 Å². The molecule has 0 fully saturated rings. The van der Waals surface area contributed by atoms with Crippen LogP contribution in [0.2, 0.25) is 0 Å². The smallest absolute Gasteiger partial charge is 0.221 e. The van der Waals surface area contributed by atoms with Crippen molar-refractivity contribution in [1.82, 2.24) is 4.57 Å². The highest BCUT2D eigenvalue weighted by atomic mass is 32.1. The molecule has 0 saturated carbocycles. The van der Waals surface area contributed by atoms with E-state index in [1.807, 2.05) is 11.3 Å². The number of hydrogen-bond acceptors (Lipinski definition) is 1. The molecule has 0 saturated heterocycles. The highest BCUT2D eigenvalue weighted by molar-refractivity contribution is 7.26. The van der Waals surface area contributed by atoms with Crippen molar-refractivity contribution in [2.45, 2.75) is 20.8 Å². The molecule has 0 N–H and O–H groups in total. The summed E-state index contributed by atoms with van der Waals surface area (Å²) in [6.07, 6.45) is 2.21. The minimum absolute atomic E-state index is 1.25. The molecule has 7 aromatic rings. The van der Waals surface area contributed by atoms with Crippen molar-refractivity contribution in [3.05, 3.63) is 108 Å². The standard InChI is InChI=1S/C33H27N2S/c1-20-18-21(2)22(3)26(19-20)32-31-25-12-9-15-29(33(25)36-30(31)16-17-34(32)4)35-27-13-7-5-10-23(27)24-11-6-8-14-28(24)35/h5-19H,1-4H3/q+1. The van der Waals surface area contributed by atoms with Crippen LogP contribution >= 0.6 is 11.3 Å². The molecule has 0 atom stereocenters. The van der Waals surface area contributed by atoms with Crippen molar-refractivity contribution in [3.63, 3.8) is 0 Å². The SMILES string of the molecule is Cc1cc(C)c(C)c(-c2c3c(cc[n+]2C)sc2c(-n4c5ccccc5c5ccccc54)cccc23)c1. The Hall–Kier alpha value is -3.95. The van der Waals surface area contributed by atoms with Crippen molar-refractivity contribution in [3.8, 4) is 16.9 Å². The molecular weight excluding hydrogens is 456 g/mol. The molecule has 0 unspecified atom stereocenters. The van der Waals surface area contributed by atoms with E-state index in [0.717, 1.165) is 0 Å². The van der Waals surface area contributed by atoms with Gasteiger partial charge >= 0.3 is 0 Å². The molecule has 7 rings (SSSR count). The fourth-order valence-electron chi connectivity index (χ4n) is 5.88. The van der Waals surface area contributed by atoms with Crippen molar-refractivity contribution < 1.29 is 4.57 Å². The Kier molecular flexibility index (Phi) is 4.61. The lowest BCUT2D eigenvalue weighted by molar-refractivity contribution is -0.659. The number of para-hydroxylation sites is 2. The van der Waals surface area contributed by atoms with Crippen LogP contribution in [0.3, 0.4) is 0 Å². The topological polar surface area (TPSA) is 8.81 Å². The Balaban J connectivity index is 1.63. The van der Waals surface area contributed by atoms with Gasteiger partial charge in [0.15, 0.2) is 6.20 Å². The summed E-state index contributed by atoms with van der Waals surface area (Å²) in [5.41, 5.74) is 10.4. The first-order valence-electron chi connectivity index (χ1n) is 12.4. The first-order valence-corrected chi connectivity index (χ1v) is 13.3. The van der Waals surface area contributed by atoms with E-state index in [1.54, 1.807) is 0 Å². The van der Waals surface area contributed by atoms with Gasteiger partial charge in [0.2, 0.25) is 5.69 Å². The number of thiophene rings is 1. The second-order valence-corrected chi connectivity index (χ2v) is 10.9. The summed E-state index contributed by atoms with van der Waals surface area (Å²) in [5.74, 6) is 0. The van der Waals surface area contributed by atoms with Crippen molar-refractivity contribution in [2.24, 2.45) is 7.05 Å². The summed E-state index contributed by atoms with van der Waals surface area (Å²) < 4.78 is 7.39. The van der Waals surface area contributed by atoms with Gasteiger partial charge in [-0.05, 0) is 56.2 Å². The maximum Gasteiger partial charge on any atom is 0.221 e. The number of aryl methyl sites for hydroxylation is 3. The van der Waals surface area contributed by atoms with E-state index in [0.29, 0.717) is 0 Å². The fourth-order valence-corrected chi connectivity index (χ4v) is 7.08. The van der Waals surface area contributed by atoms with Crippen LogP contribution in [0.15, 0.2) is 91.1 Å². The number of hydrogen-bond donors (Lipinski definition) is 0. The van der Waals surface area contributed by atoms with Crippen LogP contribution in [0.1, 0.15) is 16.7 Å². The molecule has 3 heterocycles. The van der Waals surface area contributed by atoms with E-state index >= 15 is 0 Å². The number of benzene rings is 4. The summed E-state index contributed by atoms with van der Waals surface area (Å²) in [6, 6.07) is 31.2. The third kappa shape index (κ3) is 2.93. The highest BCUT2D eigenvalue weighted by Gasteiger charge is 2.24. The largest absolute Gasteiger partial charge is 0.308 e. The van der Waals surface area contributed by atoms with Gasteiger partial charge in [-0.25, -0.2) is 4.57 Å². The lowest BCUT2D eigenvalue weighted by Gasteiger charge is -2.11. The van der Waals surface area contributed by atoms with Gasteiger partial charge in [-0.2, -0.15) is 0 Å². The van der Waals surface area contributed by atoms with E-state index in [-0.39, 0.29) is 0 Å². The number of pyridine rings is 1. The molecule has 3 aromatic heterocycles. The monoisotopic (exact) mass is 483 g/mol. The van der Waals surface area contributed by atoms with Crippen LogP contribution in [0.4, 0.5) is 0 Å². The summed E-state index contributed by atoms with van der Waals surface area (Å²) in [7, 11) is 2.17. The highest BCUT2D eigenvalue weighted by Crippen LogP contribution is 2.43. The van der Waals surface area contributed by atoms with Crippen LogP contribution in [0, 0.1) is 20.8 Å². The van der Waals surface area contributed by atoms with E-state index in [4.69, 9.17) is 0 Å². The summed E-state index contributed by atoms with van der Waals surface area (Å²) in [6.45, 7) is 6.67. The van der Waals surface area contributed by atoms with Gasteiger partial charge in [-0.1, -0.05) is 60.2 Å². The van der Waals surface area contributed by atoms with Crippen LogP contribution in [-0.2, 0) is 7.05 Å². The van der Waals surface area contributed by atoms with Crippen LogP contribution < -0.4 is 4.57 Å². The molecule has 0 spiro atoms. The molecule has 0 amide bonds. The Bertz CT molecular complexity index is 1930. The van der Waals surface area contributed by atoms with Gasteiger partial charge in [0.05, 0.1) is 32.4 Å². The predicted octanol–water partition coefficient (Wildman–Crippen LogP) is 8.57. The molecular formula is C33H27N2S+. The van der Waals surface area contributed by atoms with Crippen LogP contribution in [0.5, 0.6) is 0 Å². The minimum Gasteiger partial charge on any atom is -0.308 e.